The van der Waals surface area contributed by atoms with Crippen LogP contribution in [0.5, 0.6) is 5.75 Å². The standard InChI is InChI=1S/C16H18N2O/c1-12(10-16(2,18)11-17)19-15-9-5-7-13-6-3-4-8-14(13)15/h3-9,12H,10,18H2,1-2H3. The molecule has 2 unspecified atom stereocenters. The van der Waals surface area contributed by atoms with Gasteiger partial charge in [-0.2, -0.15) is 5.26 Å². The van der Waals surface area contributed by atoms with Crippen LogP contribution in [0.15, 0.2) is 42.5 Å². The molecule has 2 aromatic carbocycles. The van der Waals surface area contributed by atoms with Gasteiger partial charge in [-0.15, -0.1) is 0 Å². The molecule has 0 saturated heterocycles. The molecule has 0 spiro atoms. The summed E-state index contributed by atoms with van der Waals surface area (Å²) >= 11 is 0. The van der Waals surface area contributed by atoms with E-state index in [0.29, 0.717) is 6.42 Å². The third kappa shape index (κ3) is 3.24. The predicted molar refractivity (Wildman–Crippen MR) is 76.9 cm³/mol. The molecule has 0 saturated carbocycles. The van der Waals surface area contributed by atoms with Crippen LogP contribution in [0.3, 0.4) is 0 Å². The summed E-state index contributed by atoms with van der Waals surface area (Å²) in [7, 11) is 0. The zero-order chi connectivity index (χ0) is 13.9. The number of ether oxygens (including phenoxy) is 1. The van der Waals surface area contributed by atoms with Gasteiger partial charge in [0.05, 0.1) is 12.2 Å². The maximum Gasteiger partial charge on any atom is 0.127 e. The van der Waals surface area contributed by atoms with E-state index in [0.717, 1.165) is 16.5 Å². The average molecular weight is 254 g/mol. The molecule has 3 heteroatoms. The Morgan fingerprint density at radius 2 is 1.95 bits per heavy atom. The fourth-order valence-electron chi connectivity index (χ4n) is 2.20. The first kappa shape index (κ1) is 13.4. The molecule has 0 aliphatic heterocycles. The van der Waals surface area contributed by atoms with Gasteiger partial charge in [-0.05, 0) is 25.3 Å². The first-order valence-corrected chi connectivity index (χ1v) is 6.36. The summed E-state index contributed by atoms with van der Waals surface area (Å²) in [5.41, 5.74) is 4.98. The molecule has 0 aliphatic rings. The Bertz CT molecular complexity index is 608. The molecule has 0 radical (unpaired) electrons. The lowest BCUT2D eigenvalue weighted by Gasteiger charge is -2.22. The lowest BCUT2D eigenvalue weighted by atomic mass is 9.98. The van der Waals surface area contributed by atoms with E-state index >= 15 is 0 Å². The predicted octanol–water partition coefficient (Wildman–Crippen LogP) is 3.24. The normalized spacial score (nSPS) is 15.5. The van der Waals surface area contributed by atoms with Crippen LogP contribution in [0.4, 0.5) is 0 Å². The molecular formula is C16H18N2O. The molecular weight excluding hydrogens is 236 g/mol. The molecule has 0 aromatic heterocycles. The van der Waals surface area contributed by atoms with E-state index in [2.05, 4.69) is 18.2 Å². The fraction of sp³-hybridized carbons (Fsp3) is 0.312. The number of rotatable bonds is 4. The molecule has 2 rings (SSSR count). The molecule has 0 aliphatic carbocycles. The molecule has 19 heavy (non-hydrogen) atoms. The van der Waals surface area contributed by atoms with Crippen LogP contribution >= 0.6 is 0 Å². The third-order valence-corrected chi connectivity index (χ3v) is 3.04. The summed E-state index contributed by atoms with van der Waals surface area (Å²) in [5.74, 6) is 0.833. The smallest absolute Gasteiger partial charge is 0.127 e. The van der Waals surface area contributed by atoms with Crippen LogP contribution in [0, 0.1) is 11.3 Å². The third-order valence-electron chi connectivity index (χ3n) is 3.04. The summed E-state index contributed by atoms with van der Waals surface area (Å²) < 4.78 is 5.93. The summed E-state index contributed by atoms with van der Waals surface area (Å²) in [6.07, 6.45) is 0.382. The largest absolute Gasteiger partial charge is 0.490 e. The molecule has 0 fully saturated rings. The van der Waals surface area contributed by atoms with Crippen molar-refractivity contribution in [1.29, 1.82) is 5.26 Å². The summed E-state index contributed by atoms with van der Waals surface area (Å²) in [6, 6.07) is 16.1. The molecule has 0 bridgehead atoms. The highest BCUT2D eigenvalue weighted by molar-refractivity contribution is 5.88. The molecule has 98 valence electrons. The van der Waals surface area contributed by atoms with Crippen LogP contribution in [0.25, 0.3) is 10.8 Å². The highest BCUT2D eigenvalue weighted by atomic mass is 16.5. The van der Waals surface area contributed by atoms with Gasteiger partial charge in [-0.3, -0.25) is 0 Å². The molecule has 3 nitrogen and oxygen atoms in total. The first-order valence-electron chi connectivity index (χ1n) is 6.36. The summed E-state index contributed by atoms with van der Waals surface area (Å²) in [6.45, 7) is 3.65. The second-order valence-electron chi connectivity index (χ2n) is 5.14. The Morgan fingerprint density at radius 3 is 2.68 bits per heavy atom. The number of nitrogens with zero attached hydrogens (tertiary/aromatic N) is 1. The van der Waals surface area contributed by atoms with E-state index < -0.39 is 5.54 Å². The van der Waals surface area contributed by atoms with E-state index in [1.165, 1.54) is 0 Å². The minimum atomic E-state index is -0.857. The van der Waals surface area contributed by atoms with Gasteiger partial charge in [0, 0.05) is 11.8 Å². The van der Waals surface area contributed by atoms with Gasteiger partial charge in [0.25, 0.3) is 0 Å². The highest BCUT2D eigenvalue weighted by Crippen LogP contribution is 2.27. The second-order valence-corrected chi connectivity index (χ2v) is 5.14. The van der Waals surface area contributed by atoms with Crippen molar-refractivity contribution in [2.45, 2.75) is 31.9 Å². The number of nitriles is 1. The quantitative estimate of drug-likeness (QED) is 0.911. The Morgan fingerprint density at radius 1 is 1.26 bits per heavy atom. The van der Waals surface area contributed by atoms with Crippen LogP contribution in [-0.4, -0.2) is 11.6 Å². The van der Waals surface area contributed by atoms with Crippen molar-refractivity contribution in [2.24, 2.45) is 5.73 Å². The first-order chi connectivity index (χ1) is 9.02. The summed E-state index contributed by atoms with van der Waals surface area (Å²) in [5, 5.41) is 11.2. The van der Waals surface area contributed by atoms with Crippen LogP contribution in [0.2, 0.25) is 0 Å². The van der Waals surface area contributed by atoms with Crippen LogP contribution < -0.4 is 10.5 Å². The minimum absolute atomic E-state index is 0.111. The Hall–Kier alpha value is -2.05. The maximum atomic E-state index is 8.95. The topological polar surface area (TPSA) is 59.0 Å². The second kappa shape index (κ2) is 5.29. The number of fused-ring (bicyclic) bond motifs is 1. The van der Waals surface area contributed by atoms with Gasteiger partial charge in [0.15, 0.2) is 0 Å². The zero-order valence-electron chi connectivity index (χ0n) is 11.3. The van der Waals surface area contributed by atoms with Crippen molar-refractivity contribution in [1.82, 2.24) is 0 Å². The van der Waals surface area contributed by atoms with E-state index in [-0.39, 0.29) is 6.10 Å². The van der Waals surface area contributed by atoms with E-state index in [4.69, 9.17) is 15.7 Å². The molecule has 2 N–H and O–H groups in total. The van der Waals surface area contributed by atoms with Crippen LogP contribution in [-0.2, 0) is 0 Å². The van der Waals surface area contributed by atoms with E-state index in [1.807, 2.05) is 37.3 Å². The van der Waals surface area contributed by atoms with Gasteiger partial charge in [-0.25, -0.2) is 0 Å². The van der Waals surface area contributed by atoms with Gasteiger partial charge in [0.2, 0.25) is 0 Å². The van der Waals surface area contributed by atoms with Crippen LogP contribution in [0.1, 0.15) is 20.3 Å². The number of hydrogen-bond donors (Lipinski definition) is 1. The van der Waals surface area contributed by atoms with Crippen molar-refractivity contribution in [3.8, 4) is 11.8 Å². The van der Waals surface area contributed by atoms with Crippen molar-refractivity contribution in [2.75, 3.05) is 0 Å². The van der Waals surface area contributed by atoms with Gasteiger partial charge in [-0.1, -0.05) is 36.4 Å². The lowest BCUT2D eigenvalue weighted by molar-refractivity contribution is 0.194. The Kier molecular flexibility index (Phi) is 3.73. The van der Waals surface area contributed by atoms with Crippen molar-refractivity contribution in [3.05, 3.63) is 42.5 Å². The summed E-state index contributed by atoms with van der Waals surface area (Å²) in [4.78, 5) is 0. The SMILES string of the molecule is CC(CC(C)(N)C#N)Oc1cccc2ccccc12. The number of hydrogen-bond acceptors (Lipinski definition) is 3. The maximum absolute atomic E-state index is 8.95. The molecule has 2 aromatic rings. The lowest BCUT2D eigenvalue weighted by Crippen LogP contribution is -2.38. The van der Waals surface area contributed by atoms with Gasteiger partial charge in [0.1, 0.15) is 11.3 Å². The zero-order valence-corrected chi connectivity index (χ0v) is 11.3. The van der Waals surface area contributed by atoms with Crippen molar-refractivity contribution >= 4 is 10.8 Å². The van der Waals surface area contributed by atoms with Crippen molar-refractivity contribution in [3.63, 3.8) is 0 Å². The number of nitrogens with two attached hydrogens (primary N) is 1. The van der Waals surface area contributed by atoms with Crippen molar-refractivity contribution < 1.29 is 4.74 Å². The Labute approximate surface area is 113 Å². The molecule has 0 amide bonds. The van der Waals surface area contributed by atoms with Gasteiger partial charge < -0.3 is 10.5 Å². The van der Waals surface area contributed by atoms with Gasteiger partial charge >= 0.3 is 0 Å². The average Bonchev–Trinajstić information content (AvgIpc) is 2.38. The Balaban J connectivity index is 2.20. The highest BCUT2D eigenvalue weighted by Gasteiger charge is 2.22. The van der Waals surface area contributed by atoms with E-state index in [1.54, 1.807) is 6.92 Å². The van der Waals surface area contributed by atoms with E-state index in [9.17, 15) is 0 Å². The molecule has 2 atom stereocenters. The number of benzene rings is 2. The molecule has 0 heterocycles. The fourth-order valence-corrected chi connectivity index (χ4v) is 2.20. The monoisotopic (exact) mass is 254 g/mol. The minimum Gasteiger partial charge on any atom is -0.490 e.